The van der Waals surface area contributed by atoms with E-state index in [1.165, 1.54) is 28.3 Å². The summed E-state index contributed by atoms with van der Waals surface area (Å²) in [5.41, 5.74) is 1.12. The van der Waals surface area contributed by atoms with Gasteiger partial charge in [0.1, 0.15) is 17.3 Å². The summed E-state index contributed by atoms with van der Waals surface area (Å²) in [5.74, 6) is 1.04. The predicted octanol–water partition coefficient (Wildman–Crippen LogP) is 2.44. The van der Waals surface area contributed by atoms with Crippen molar-refractivity contribution in [1.29, 1.82) is 0 Å². The maximum atomic E-state index is 12.3. The minimum absolute atomic E-state index is 0.0609. The Morgan fingerprint density at radius 3 is 3.18 bits per heavy atom. The lowest BCUT2D eigenvalue weighted by atomic mass is 10.2. The van der Waals surface area contributed by atoms with Crippen LogP contribution in [0.15, 0.2) is 17.4 Å². The molecule has 0 aromatic carbocycles. The van der Waals surface area contributed by atoms with E-state index < -0.39 is 0 Å². The molecular formula is C15H16N2O3S2. The lowest BCUT2D eigenvalue weighted by Crippen LogP contribution is -2.12. The molecular weight excluding hydrogens is 320 g/mol. The molecule has 22 heavy (non-hydrogen) atoms. The molecule has 0 amide bonds. The lowest BCUT2D eigenvalue weighted by molar-refractivity contribution is -0.139. The third kappa shape index (κ3) is 3.10. The molecule has 0 saturated heterocycles. The number of hydrogen-bond donors (Lipinski definition) is 1. The molecule has 0 radical (unpaired) electrons. The summed E-state index contributed by atoms with van der Waals surface area (Å²) in [7, 11) is 0. The molecule has 1 aliphatic rings. The zero-order valence-corrected chi connectivity index (χ0v) is 13.6. The van der Waals surface area contributed by atoms with Crippen LogP contribution in [0.1, 0.15) is 22.7 Å². The Labute approximate surface area is 135 Å². The highest BCUT2D eigenvalue weighted by Gasteiger charge is 2.21. The van der Waals surface area contributed by atoms with Gasteiger partial charge in [0.05, 0.1) is 16.9 Å². The standard InChI is InChI=1S/C15H16N2O3S2/c1-2-6-20-12(18)8-21-7-11-16-14(19)13-9-4-3-5-10(9)22-15(13)17-11/h2H,1,3-8H2,(H,16,17,19). The zero-order valence-electron chi connectivity index (χ0n) is 12.0. The molecule has 116 valence electrons. The highest BCUT2D eigenvalue weighted by molar-refractivity contribution is 7.99. The fourth-order valence-corrected chi connectivity index (χ4v) is 4.50. The largest absolute Gasteiger partial charge is 0.461 e. The third-order valence-corrected chi connectivity index (χ3v) is 5.55. The van der Waals surface area contributed by atoms with Crippen molar-refractivity contribution in [2.24, 2.45) is 0 Å². The summed E-state index contributed by atoms with van der Waals surface area (Å²) in [6.07, 6.45) is 4.69. The molecule has 0 spiro atoms. The van der Waals surface area contributed by atoms with Crippen molar-refractivity contribution in [3.63, 3.8) is 0 Å². The maximum absolute atomic E-state index is 12.3. The van der Waals surface area contributed by atoms with Crippen molar-refractivity contribution >= 4 is 39.3 Å². The van der Waals surface area contributed by atoms with Gasteiger partial charge in [0.15, 0.2) is 0 Å². The molecule has 0 unspecified atom stereocenters. The Bertz CT molecular complexity index is 779. The average molecular weight is 336 g/mol. The Morgan fingerprint density at radius 1 is 1.50 bits per heavy atom. The highest BCUT2D eigenvalue weighted by Crippen LogP contribution is 2.34. The second kappa shape index (κ2) is 6.66. The molecule has 0 fully saturated rings. The number of aromatic nitrogens is 2. The number of hydrogen-bond acceptors (Lipinski definition) is 6. The first-order chi connectivity index (χ1) is 10.7. The number of esters is 1. The molecule has 7 heteroatoms. The number of aromatic amines is 1. The van der Waals surface area contributed by atoms with E-state index in [0.29, 0.717) is 11.6 Å². The van der Waals surface area contributed by atoms with Crippen LogP contribution in [0.4, 0.5) is 0 Å². The smallest absolute Gasteiger partial charge is 0.316 e. The van der Waals surface area contributed by atoms with E-state index in [0.717, 1.165) is 29.5 Å². The maximum Gasteiger partial charge on any atom is 0.316 e. The topological polar surface area (TPSA) is 72.0 Å². The van der Waals surface area contributed by atoms with Crippen LogP contribution in [0.2, 0.25) is 0 Å². The van der Waals surface area contributed by atoms with Gasteiger partial charge in [-0.2, -0.15) is 0 Å². The van der Waals surface area contributed by atoms with Crippen molar-refractivity contribution < 1.29 is 9.53 Å². The molecule has 5 nitrogen and oxygen atoms in total. The number of nitrogens with zero attached hydrogens (tertiary/aromatic N) is 1. The fourth-order valence-electron chi connectivity index (χ4n) is 2.54. The first-order valence-corrected chi connectivity index (χ1v) is 9.04. The summed E-state index contributed by atoms with van der Waals surface area (Å²) >= 11 is 3.00. The van der Waals surface area contributed by atoms with E-state index in [9.17, 15) is 9.59 Å². The zero-order chi connectivity index (χ0) is 15.5. The van der Waals surface area contributed by atoms with Crippen LogP contribution < -0.4 is 5.56 Å². The van der Waals surface area contributed by atoms with Crippen molar-refractivity contribution in [1.82, 2.24) is 9.97 Å². The van der Waals surface area contributed by atoms with Crippen LogP contribution in [-0.4, -0.2) is 28.3 Å². The number of thiophene rings is 1. The van der Waals surface area contributed by atoms with Gasteiger partial charge in [-0.25, -0.2) is 4.98 Å². The van der Waals surface area contributed by atoms with Crippen LogP contribution in [0.25, 0.3) is 10.2 Å². The number of ether oxygens (including phenoxy) is 1. The molecule has 0 atom stereocenters. The lowest BCUT2D eigenvalue weighted by Gasteiger charge is -2.02. The molecule has 1 aliphatic carbocycles. The SMILES string of the molecule is C=CCOC(=O)CSCc1nc2sc3c(c2c(=O)[nH]1)CCC3. The minimum Gasteiger partial charge on any atom is -0.461 e. The van der Waals surface area contributed by atoms with Gasteiger partial charge in [-0.15, -0.1) is 23.1 Å². The second-order valence-electron chi connectivity index (χ2n) is 5.01. The number of carbonyl (C=O) groups excluding carboxylic acids is 1. The molecule has 2 aromatic rings. The fraction of sp³-hybridized carbons (Fsp3) is 0.400. The summed E-state index contributed by atoms with van der Waals surface area (Å²) in [4.78, 5) is 33.1. The van der Waals surface area contributed by atoms with Crippen molar-refractivity contribution in [2.45, 2.75) is 25.0 Å². The first-order valence-electron chi connectivity index (χ1n) is 7.06. The van der Waals surface area contributed by atoms with Crippen LogP contribution >= 0.6 is 23.1 Å². The third-order valence-electron chi connectivity index (χ3n) is 3.44. The van der Waals surface area contributed by atoms with Crippen LogP contribution in [0.5, 0.6) is 0 Å². The van der Waals surface area contributed by atoms with Gasteiger partial charge in [-0.05, 0) is 24.8 Å². The van der Waals surface area contributed by atoms with Crippen LogP contribution in [0.3, 0.4) is 0 Å². The molecule has 1 N–H and O–H groups in total. The monoisotopic (exact) mass is 336 g/mol. The van der Waals surface area contributed by atoms with E-state index >= 15 is 0 Å². The summed E-state index contributed by atoms with van der Waals surface area (Å²) in [6.45, 7) is 3.71. The van der Waals surface area contributed by atoms with E-state index in [-0.39, 0.29) is 23.9 Å². The number of aryl methyl sites for hydroxylation is 2. The molecule has 0 saturated carbocycles. The molecule has 0 aliphatic heterocycles. The van der Waals surface area contributed by atoms with E-state index in [4.69, 9.17) is 4.74 Å². The molecule has 0 bridgehead atoms. The first kappa shape index (κ1) is 15.3. The molecule has 3 rings (SSSR count). The normalized spacial score (nSPS) is 13.3. The van der Waals surface area contributed by atoms with E-state index in [1.54, 1.807) is 11.3 Å². The van der Waals surface area contributed by atoms with Crippen LogP contribution in [-0.2, 0) is 28.1 Å². The summed E-state index contributed by atoms with van der Waals surface area (Å²) in [5, 5.41) is 0.761. The number of nitrogens with one attached hydrogen (secondary N) is 1. The number of fused-ring (bicyclic) bond motifs is 3. The van der Waals surface area contributed by atoms with Gasteiger partial charge in [0, 0.05) is 4.88 Å². The van der Waals surface area contributed by atoms with Gasteiger partial charge >= 0.3 is 5.97 Å². The van der Waals surface area contributed by atoms with Crippen molar-refractivity contribution in [3.8, 4) is 0 Å². The van der Waals surface area contributed by atoms with Crippen molar-refractivity contribution in [3.05, 3.63) is 39.3 Å². The second-order valence-corrected chi connectivity index (χ2v) is 7.08. The van der Waals surface area contributed by atoms with Crippen molar-refractivity contribution in [2.75, 3.05) is 12.4 Å². The van der Waals surface area contributed by atoms with Gasteiger partial charge in [-0.1, -0.05) is 12.7 Å². The number of H-pyrrole nitrogens is 1. The number of carbonyl (C=O) groups is 1. The summed E-state index contributed by atoms with van der Waals surface area (Å²) < 4.78 is 4.90. The van der Waals surface area contributed by atoms with Gasteiger partial charge in [0.25, 0.3) is 5.56 Å². The Morgan fingerprint density at radius 2 is 2.36 bits per heavy atom. The molecule has 2 aromatic heterocycles. The van der Waals surface area contributed by atoms with Gasteiger partial charge in [0.2, 0.25) is 0 Å². The Kier molecular flexibility index (Phi) is 4.63. The quantitative estimate of drug-likeness (QED) is 0.648. The summed E-state index contributed by atoms with van der Waals surface area (Å²) in [6, 6.07) is 0. The number of thioether (sulfide) groups is 1. The minimum atomic E-state index is -0.288. The number of rotatable bonds is 6. The van der Waals surface area contributed by atoms with E-state index in [2.05, 4.69) is 16.5 Å². The average Bonchev–Trinajstić information content (AvgIpc) is 3.05. The Balaban J connectivity index is 1.69. The Hall–Kier alpha value is -1.60. The predicted molar refractivity (Wildman–Crippen MR) is 89.6 cm³/mol. The molecule has 2 heterocycles. The van der Waals surface area contributed by atoms with E-state index in [1.807, 2.05) is 0 Å². The van der Waals surface area contributed by atoms with Gasteiger partial charge in [-0.3, -0.25) is 9.59 Å². The van der Waals surface area contributed by atoms with Gasteiger partial charge < -0.3 is 9.72 Å². The van der Waals surface area contributed by atoms with Crippen LogP contribution in [0, 0.1) is 0 Å². The highest BCUT2D eigenvalue weighted by atomic mass is 32.2.